The van der Waals surface area contributed by atoms with Crippen LogP contribution in [0.15, 0.2) is 35.7 Å². The van der Waals surface area contributed by atoms with Gasteiger partial charge in [0.05, 0.1) is 10.9 Å². The van der Waals surface area contributed by atoms with Gasteiger partial charge in [-0.2, -0.15) is 0 Å². The molecule has 27 heavy (non-hydrogen) atoms. The number of rotatable bonds is 4. The summed E-state index contributed by atoms with van der Waals surface area (Å²) in [5.41, 5.74) is 0.954. The summed E-state index contributed by atoms with van der Waals surface area (Å²) in [7, 11) is 0. The van der Waals surface area contributed by atoms with Gasteiger partial charge in [0, 0.05) is 19.6 Å². The fourth-order valence-corrected chi connectivity index (χ4v) is 3.90. The molecule has 0 saturated carbocycles. The highest BCUT2D eigenvalue weighted by atomic mass is 32.1. The number of amides is 3. The van der Waals surface area contributed by atoms with Crippen molar-refractivity contribution < 1.29 is 19.1 Å². The molecule has 3 heterocycles. The highest BCUT2D eigenvalue weighted by molar-refractivity contribution is 7.14. The Morgan fingerprint density at radius 2 is 2.11 bits per heavy atom. The zero-order chi connectivity index (χ0) is 18.6. The highest BCUT2D eigenvalue weighted by Crippen LogP contribution is 2.32. The molecule has 3 amide bonds. The molecule has 1 aromatic carbocycles. The molecule has 1 aromatic heterocycles. The Labute approximate surface area is 161 Å². The third-order valence-corrected chi connectivity index (χ3v) is 5.52. The number of fused-ring (bicyclic) bond motifs is 1. The van der Waals surface area contributed by atoms with Gasteiger partial charge in [0.25, 0.3) is 0 Å². The van der Waals surface area contributed by atoms with E-state index in [1.165, 1.54) is 11.3 Å². The smallest absolute Gasteiger partial charge is 0.322 e. The molecule has 2 N–H and O–H groups in total. The largest absolute Gasteiger partial charge is 0.454 e. The lowest BCUT2D eigenvalue weighted by Crippen LogP contribution is -2.46. The van der Waals surface area contributed by atoms with Crippen molar-refractivity contribution in [3.8, 4) is 11.5 Å². The normalized spacial score (nSPS) is 18.2. The molecule has 2 aliphatic heterocycles. The van der Waals surface area contributed by atoms with Crippen LogP contribution in [0, 0.1) is 5.92 Å². The molecule has 0 spiro atoms. The number of benzene rings is 1. The van der Waals surface area contributed by atoms with E-state index in [9.17, 15) is 9.59 Å². The molecular weight excluding hydrogens is 366 g/mol. The van der Waals surface area contributed by atoms with Gasteiger partial charge in [-0.15, -0.1) is 11.3 Å². The molecule has 4 rings (SSSR count). The van der Waals surface area contributed by atoms with Crippen molar-refractivity contribution in [1.82, 2.24) is 10.2 Å². The number of hydrogen-bond donors (Lipinski definition) is 2. The molecule has 0 aliphatic carbocycles. The van der Waals surface area contributed by atoms with Crippen LogP contribution in [0.5, 0.6) is 11.5 Å². The Balaban J connectivity index is 1.30. The van der Waals surface area contributed by atoms with E-state index in [1.807, 2.05) is 35.7 Å². The summed E-state index contributed by atoms with van der Waals surface area (Å²) in [5.74, 6) is 1.21. The molecule has 142 valence electrons. The minimum Gasteiger partial charge on any atom is -0.454 e. The van der Waals surface area contributed by atoms with Gasteiger partial charge in [0.15, 0.2) is 11.5 Å². The fourth-order valence-electron chi connectivity index (χ4n) is 3.29. The Morgan fingerprint density at radius 3 is 2.96 bits per heavy atom. The minimum atomic E-state index is -0.193. The van der Waals surface area contributed by atoms with Crippen molar-refractivity contribution in [2.75, 3.05) is 25.2 Å². The van der Waals surface area contributed by atoms with Gasteiger partial charge in [0.1, 0.15) is 0 Å². The van der Waals surface area contributed by atoms with E-state index in [0.717, 1.165) is 29.2 Å². The van der Waals surface area contributed by atoms with Gasteiger partial charge < -0.3 is 19.7 Å². The van der Waals surface area contributed by atoms with Crippen LogP contribution in [0.2, 0.25) is 0 Å². The van der Waals surface area contributed by atoms with Crippen LogP contribution < -0.4 is 20.1 Å². The van der Waals surface area contributed by atoms with E-state index in [0.29, 0.717) is 25.4 Å². The van der Waals surface area contributed by atoms with Gasteiger partial charge in [-0.3, -0.25) is 10.1 Å². The maximum atomic E-state index is 12.6. The van der Waals surface area contributed by atoms with Crippen LogP contribution in [0.25, 0.3) is 0 Å². The van der Waals surface area contributed by atoms with E-state index in [-0.39, 0.29) is 24.6 Å². The van der Waals surface area contributed by atoms with Gasteiger partial charge in [-0.05, 0) is 48.1 Å². The van der Waals surface area contributed by atoms with Crippen molar-refractivity contribution >= 4 is 28.3 Å². The van der Waals surface area contributed by atoms with Crippen LogP contribution in [0.1, 0.15) is 18.4 Å². The molecular formula is C19H21N3O4S. The monoisotopic (exact) mass is 387 g/mol. The van der Waals surface area contributed by atoms with Crippen molar-refractivity contribution in [2.24, 2.45) is 5.92 Å². The van der Waals surface area contributed by atoms with E-state index in [1.54, 1.807) is 4.90 Å². The summed E-state index contributed by atoms with van der Waals surface area (Å²) in [6.07, 6.45) is 1.61. The summed E-state index contributed by atoms with van der Waals surface area (Å²) in [6.45, 7) is 1.76. The summed E-state index contributed by atoms with van der Waals surface area (Å²) in [6, 6.07) is 9.25. The lowest BCUT2D eigenvalue weighted by atomic mass is 9.97. The molecule has 8 heteroatoms. The van der Waals surface area contributed by atoms with Gasteiger partial charge in [-0.25, -0.2) is 4.79 Å². The van der Waals surface area contributed by atoms with Crippen molar-refractivity contribution in [3.05, 3.63) is 41.3 Å². The molecule has 0 radical (unpaired) electrons. The lowest BCUT2D eigenvalue weighted by molar-refractivity contribution is -0.126. The number of piperidine rings is 1. The zero-order valence-corrected chi connectivity index (χ0v) is 15.6. The molecule has 0 bridgehead atoms. The van der Waals surface area contributed by atoms with Crippen molar-refractivity contribution in [3.63, 3.8) is 0 Å². The second-order valence-electron chi connectivity index (χ2n) is 6.60. The van der Waals surface area contributed by atoms with Crippen LogP contribution in [-0.2, 0) is 11.3 Å². The number of likely N-dealkylation sites (tertiary alicyclic amines) is 1. The Hall–Kier alpha value is -2.74. The number of ether oxygens (including phenoxy) is 2. The van der Waals surface area contributed by atoms with E-state index in [2.05, 4.69) is 10.6 Å². The number of thiophene rings is 1. The van der Waals surface area contributed by atoms with Crippen molar-refractivity contribution in [1.29, 1.82) is 0 Å². The Bertz CT molecular complexity index is 824. The molecule has 1 atom stereocenters. The number of nitrogens with zero attached hydrogens (tertiary/aromatic N) is 1. The van der Waals surface area contributed by atoms with Crippen LogP contribution in [0.3, 0.4) is 0 Å². The molecule has 1 unspecified atom stereocenters. The topological polar surface area (TPSA) is 79.9 Å². The SMILES string of the molecule is O=C(NCc1ccc2c(c1)OCO2)C1CCCN(C(=O)Nc2cccs2)C1. The van der Waals surface area contributed by atoms with Crippen LogP contribution in [-0.4, -0.2) is 36.7 Å². The molecule has 2 aliphatic rings. The predicted molar refractivity (Wildman–Crippen MR) is 102 cm³/mol. The van der Waals surface area contributed by atoms with Gasteiger partial charge in [0.2, 0.25) is 12.7 Å². The maximum Gasteiger partial charge on any atom is 0.322 e. The number of urea groups is 1. The average Bonchev–Trinajstić information content (AvgIpc) is 3.37. The summed E-state index contributed by atoms with van der Waals surface area (Å²) < 4.78 is 10.7. The van der Waals surface area contributed by atoms with Crippen LogP contribution in [0.4, 0.5) is 9.80 Å². The Kier molecular flexibility index (Phi) is 5.15. The zero-order valence-electron chi connectivity index (χ0n) is 14.8. The summed E-state index contributed by atoms with van der Waals surface area (Å²) in [5, 5.41) is 8.58. The molecule has 2 aromatic rings. The van der Waals surface area contributed by atoms with Gasteiger partial charge in [-0.1, -0.05) is 6.07 Å². The maximum absolute atomic E-state index is 12.6. The first-order valence-corrected chi connectivity index (χ1v) is 9.83. The minimum absolute atomic E-state index is 0.0266. The third kappa shape index (κ3) is 4.16. The number of carbonyl (C=O) groups excluding carboxylic acids is 2. The number of carbonyl (C=O) groups is 2. The summed E-state index contributed by atoms with van der Waals surface area (Å²) >= 11 is 1.48. The quantitative estimate of drug-likeness (QED) is 0.845. The first kappa shape index (κ1) is 17.7. The first-order chi connectivity index (χ1) is 13.2. The number of anilines is 1. The van der Waals surface area contributed by atoms with E-state index in [4.69, 9.17) is 9.47 Å². The molecule has 1 fully saturated rings. The van der Waals surface area contributed by atoms with Crippen LogP contribution >= 0.6 is 11.3 Å². The first-order valence-electron chi connectivity index (χ1n) is 8.95. The highest BCUT2D eigenvalue weighted by Gasteiger charge is 2.28. The predicted octanol–water partition coefficient (Wildman–Crippen LogP) is 3.04. The second-order valence-corrected chi connectivity index (χ2v) is 7.55. The second kappa shape index (κ2) is 7.87. The van der Waals surface area contributed by atoms with Gasteiger partial charge >= 0.3 is 6.03 Å². The Morgan fingerprint density at radius 1 is 1.22 bits per heavy atom. The molecule has 7 nitrogen and oxygen atoms in total. The fraction of sp³-hybridized carbons (Fsp3) is 0.368. The molecule has 1 saturated heterocycles. The number of hydrogen-bond acceptors (Lipinski definition) is 5. The number of nitrogens with one attached hydrogen (secondary N) is 2. The van der Waals surface area contributed by atoms with Crippen molar-refractivity contribution in [2.45, 2.75) is 19.4 Å². The third-order valence-electron chi connectivity index (χ3n) is 4.73. The average molecular weight is 387 g/mol. The lowest BCUT2D eigenvalue weighted by Gasteiger charge is -2.31. The standard InChI is InChI=1S/C19H21N3O4S/c23-18(20-10-13-5-6-15-16(9-13)26-12-25-15)14-3-1-7-22(11-14)19(24)21-17-4-2-8-27-17/h2,4-6,8-9,14H,1,3,7,10-12H2,(H,20,23)(H,21,24). The van der Waals surface area contributed by atoms with E-state index < -0.39 is 0 Å². The van der Waals surface area contributed by atoms with E-state index >= 15 is 0 Å². The summed E-state index contributed by atoms with van der Waals surface area (Å²) in [4.78, 5) is 26.7.